The Bertz CT molecular complexity index is 597. The Labute approximate surface area is 107 Å². The Morgan fingerprint density at radius 3 is 2.44 bits per heavy atom. The van der Waals surface area contributed by atoms with Crippen LogP contribution >= 0.6 is 0 Å². The Morgan fingerprint density at radius 2 is 1.89 bits per heavy atom. The summed E-state index contributed by atoms with van der Waals surface area (Å²) in [5.41, 5.74) is 3.25. The highest BCUT2D eigenvalue weighted by molar-refractivity contribution is 5.93. The fourth-order valence-corrected chi connectivity index (χ4v) is 2.00. The molecular weight excluding hydrogens is 227 g/mol. The van der Waals surface area contributed by atoms with Gasteiger partial charge >= 0.3 is 0 Å². The topological polar surface area (TPSA) is 24.9 Å². The van der Waals surface area contributed by atoms with Crippen molar-refractivity contribution in [1.29, 1.82) is 0 Å². The van der Waals surface area contributed by atoms with Gasteiger partial charge in [-0.1, -0.05) is 20.8 Å². The minimum absolute atomic E-state index is 0.0570. The average molecular weight is 246 g/mol. The Balaban J connectivity index is 2.85. The third-order valence-corrected chi connectivity index (χ3v) is 3.21. The predicted molar refractivity (Wildman–Crippen MR) is 74.7 cm³/mol. The van der Waals surface area contributed by atoms with Crippen LogP contribution < -0.4 is 5.32 Å². The van der Waals surface area contributed by atoms with Gasteiger partial charge in [-0.3, -0.25) is 4.98 Å². The molecule has 96 valence electrons. The molecular formula is C15H19FN2. The van der Waals surface area contributed by atoms with Crippen molar-refractivity contribution >= 4 is 16.6 Å². The summed E-state index contributed by atoms with van der Waals surface area (Å²) in [7, 11) is 1.87. The second-order valence-electron chi connectivity index (χ2n) is 5.62. The zero-order valence-electron chi connectivity index (χ0n) is 11.6. The van der Waals surface area contributed by atoms with Crippen LogP contribution in [-0.4, -0.2) is 12.0 Å². The molecule has 2 rings (SSSR count). The molecule has 0 amide bonds. The summed E-state index contributed by atoms with van der Waals surface area (Å²) in [6.45, 7) is 8.09. The van der Waals surface area contributed by atoms with E-state index in [2.05, 4.69) is 31.1 Å². The number of benzene rings is 1. The molecule has 0 bridgehead atoms. The molecule has 3 heteroatoms. The number of hydrogen-bond acceptors (Lipinski definition) is 2. The smallest absolute Gasteiger partial charge is 0.128 e. The van der Waals surface area contributed by atoms with Gasteiger partial charge in [-0.15, -0.1) is 0 Å². The highest BCUT2D eigenvalue weighted by Gasteiger charge is 2.18. The van der Waals surface area contributed by atoms with E-state index in [4.69, 9.17) is 0 Å². The van der Waals surface area contributed by atoms with Crippen molar-refractivity contribution < 1.29 is 4.39 Å². The summed E-state index contributed by atoms with van der Waals surface area (Å²) in [6.07, 6.45) is 0. The maximum atomic E-state index is 13.7. The number of nitrogens with one attached hydrogen (secondary N) is 1. The molecule has 2 aromatic rings. The summed E-state index contributed by atoms with van der Waals surface area (Å²) in [4.78, 5) is 4.64. The first-order valence-electron chi connectivity index (χ1n) is 6.12. The normalized spacial score (nSPS) is 11.9. The number of nitrogens with zero attached hydrogens (tertiary/aromatic N) is 1. The Hall–Kier alpha value is -1.64. The minimum atomic E-state index is -0.205. The number of anilines is 1. The fourth-order valence-electron chi connectivity index (χ4n) is 2.00. The van der Waals surface area contributed by atoms with Crippen molar-refractivity contribution in [3.05, 3.63) is 35.3 Å². The Morgan fingerprint density at radius 1 is 1.22 bits per heavy atom. The third-order valence-electron chi connectivity index (χ3n) is 3.21. The lowest BCUT2D eigenvalue weighted by atomic mass is 9.90. The van der Waals surface area contributed by atoms with E-state index in [9.17, 15) is 4.39 Å². The van der Waals surface area contributed by atoms with Crippen molar-refractivity contribution in [2.75, 3.05) is 12.4 Å². The van der Waals surface area contributed by atoms with E-state index in [1.165, 1.54) is 6.07 Å². The zero-order chi connectivity index (χ0) is 13.5. The lowest BCUT2D eigenvalue weighted by Crippen LogP contribution is -2.14. The summed E-state index contributed by atoms with van der Waals surface area (Å²) >= 11 is 0. The minimum Gasteiger partial charge on any atom is -0.388 e. The first kappa shape index (κ1) is 12.8. The van der Waals surface area contributed by atoms with Crippen LogP contribution in [0.5, 0.6) is 0 Å². The molecule has 18 heavy (non-hydrogen) atoms. The molecule has 1 aromatic heterocycles. The monoisotopic (exact) mass is 246 g/mol. The van der Waals surface area contributed by atoms with E-state index in [0.717, 1.165) is 22.3 Å². The molecule has 1 aromatic carbocycles. The molecule has 0 atom stereocenters. The summed E-state index contributed by atoms with van der Waals surface area (Å²) < 4.78 is 13.7. The maximum Gasteiger partial charge on any atom is 0.128 e. The molecule has 0 aliphatic carbocycles. The number of fused-ring (bicyclic) bond motifs is 1. The number of rotatable bonds is 1. The molecule has 0 fully saturated rings. The molecule has 0 radical (unpaired) electrons. The molecule has 0 saturated heterocycles. The first-order valence-corrected chi connectivity index (χ1v) is 6.12. The van der Waals surface area contributed by atoms with Gasteiger partial charge in [0.25, 0.3) is 0 Å². The van der Waals surface area contributed by atoms with Crippen molar-refractivity contribution in [3.63, 3.8) is 0 Å². The molecule has 1 N–H and O–H groups in total. The standard InChI is InChI=1S/C15H19FN2/c1-9-11(16)7-6-10-12(17-5)8-13(15(2,3)4)18-14(9)10/h6-8H,1-5H3,(H,17,18). The quantitative estimate of drug-likeness (QED) is 0.822. The van der Waals surface area contributed by atoms with Crippen molar-refractivity contribution in [1.82, 2.24) is 4.98 Å². The summed E-state index contributed by atoms with van der Waals surface area (Å²) in [5.74, 6) is -0.205. The Kier molecular flexibility index (Phi) is 3.01. The molecule has 0 aliphatic rings. The van der Waals surface area contributed by atoms with Crippen LogP contribution in [-0.2, 0) is 5.41 Å². The first-order chi connectivity index (χ1) is 8.34. The zero-order valence-corrected chi connectivity index (χ0v) is 11.6. The lowest BCUT2D eigenvalue weighted by molar-refractivity contribution is 0.571. The van der Waals surface area contributed by atoms with E-state index in [-0.39, 0.29) is 11.2 Å². The molecule has 2 nitrogen and oxygen atoms in total. The van der Waals surface area contributed by atoms with Gasteiger partial charge in [0.05, 0.1) is 5.52 Å². The van der Waals surface area contributed by atoms with E-state index in [0.29, 0.717) is 5.56 Å². The van der Waals surface area contributed by atoms with E-state index < -0.39 is 0 Å². The van der Waals surface area contributed by atoms with Crippen LogP contribution in [0, 0.1) is 12.7 Å². The molecule has 0 saturated carbocycles. The lowest BCUT2D eigenvalue weighted by Gasteiger charge is -2.20. The van der Waals surface area contributed by atoms with Gasteiger partial charge in [0.1, 0.15) is 5.82 Å². The van der Waals surface area contributed by atoms with Gasteiger partial charge < -0.3 is 5.32 Å². The third kappa shape index (κ3) is 2.05. The molecule has 0 unspecified atom stereocenters. The largest absolute Gasteiger partial charge is 0.388 e. The number of halogens is 1. The van der Waals surface area contributed by atoms with Gasteiger partial charge in [-0.05, 0) is 25.1 Å². The van der Waals surface area contributed by atoms with E-state index in [1.807, 2.05) is 13.1 Å². The van der Waals surface area contributed by atoms with Crippen LogP contribution in [0.15, 0.2) is 18.2 Å². The van der Waals surface area contributed by atoms with Gasteiger partial charge in [0, 0.05) is 34.8 Å². The van der Waals surface area contributed by atoms with E-state index in [1.54, 1.807) is 13.0 Å². The predicted octanol–water partition coefficient (Wildman–Crippen LogP) is 4.02. The number of hydrogen-bond donors (Lipinski definition) is 1. The highest BCUT2D eigenvalue weighted by atomic mass is 19.1. The van der Waals surface area contributed by atoms with Gasteiger partial charge in [-0.25, -0.2) is 4.39 Å². The second-order valence-corrected chi connectivity index (χ2v) is 5.62. The van der Waals surface area contributed by atoms with Crippen molar-refractivity contribution in [3.8, 4) is 0 Å². The SMILES string of the molecule is CNc1cc(C(C)(C)C)nc2c(C)c(F)ccc12. The van der Waals surface area contributed by atoms with Gasteiger partial charge in [-0.2, -0.15) is 0 Å². The molecule has 0 aliphatic heterocycles. The summed E-state index contributed by atoms with van der Waals surface area (Å²) in [6, 6.07) is 5.32. The van der Waals surface area contributed by atoms with Gasteiger partial charge in [0.2, 0.25) is 0 Å². The van der Waals surface area contributed by atoms with Crippen LogP contribution in [0.4, 0.5) is 10.1 Å². The van der Waals surface area contributed by atoms with E-state index >= 15 is 0 Å². The van der Waals surface area contributed by atoms with Crippen molar-refractivity contribution in [2.45, 2.75) is 33.1 Å². The average Bonchev–Trinajstić information content (AvgIpc) is 2.31. The number of pyridine rings is 1. The highest BCUT2D eigenvalue weighted by Crippen LogP contribution is 2.31. The van der Waals surface area contributed by atoms with Crippen LogP contribution in [0.25, 0.3) is 10.9 Å². The number of aryl methyl sites for hydroxylation is 1. The van der Waals surface area contributed by atoms with Crippen LogP contribution in [0.3, 0.4) is 0 Å². The molecule has 1 heterocycles. The fraction of sp³-hybridized carbons (Fsp3) is 0.400. The van der Waals surface area contributed by atoms with Crippen molar-refractivity contribution in [2.24, 2.45) is 0 Å². The number of aromatic nitrogens is 1. The van der Waals surface area contributed by atoms with Crippen LogP contribution in [0.2, 0.25) is 0 Å². The second kappa shape index (κ2) is 4.23. The van der Waals surface area contributed by atoms with Crippen LogP contribution in [0.1, 0.15) is 32.0 Å². The van der Waals surface area contributed by atoms with Gasteiger partial charge in [0.15, 0.2) is 0 Å². The maximum absolute atomic E-state index is 13.7. The summed E-state index contributed by atoms with van der Waals surface area (Å²) in [5, 5.41) is 4.13. The molecule has 0 spiro atoms.